The van der Waals surface area contributed by atoms with Gasteiger partial charge >= 0.3 is 0 Å². The Bertz CT molecular complexity index is 658. The van der Waals surface area contributed by atoms with Crippen molar-refractivity contribution in [2.75, 3.05) is 19.6 Å². The highest BCUT2D eigenvalue weighted by atomic mass is 16.2. The zero-order valence-corrected chi connectivity index (χ0v) is 15.0. The van der Waals surface area contributed by atoms with Gasteiger partial charge in [0.05, 0.1) is 5.69 Å². The highest BCUT2D eigenvalue weighted by molar-refractivity contribution is 5.82. The van der Waals surface area contributed by atoms with Crippen LogP contribution >= 0.6 is 0 Å². The molecular formula is C20H27N5O. The Labute approximate surface area is 154 Å². The van der Waals surface area contributed by atoms with Crippen molar-refractivity contribution < 1.29 is 4.79 Å². The van der Waals surface area contributed by atoms with Crippen LogP contribution in [0.5, 0.6) is 0 Å². The van der Waals surface area contributed by atoms with Crippen LogP contribution in [-0.2, 0) is 11.3 Å². The van der Waals surface area contributed by atoms with Crippen molar-refractivity contribution in [3.8, 4) is 0 Å². The zero-order valence-electron chi connectivity index (χ0n) is 15.0. The second-order valence-corrected chi connectivity index (χ2v) is 6.70. The Morgan fingerprint density at radius 2 is 1.96 bits per heavy atom. The Kier molecular flexibility index (Phi) is 7.10. The van der Waals surface area contributed by atoms with Crippen LogP contribution in [0.1, 0.15) is 36.6 Å². The lowest BCUT2D eigenvalue weighted by atomic mass is 9.94. The fraction of sp³-hybridized carbons (Fsp3) is 0.450. The number of nitrogens with zero attached hydrogens (tertiary/aromatic N) is 2. The highest BCUT2D eigenvalue weighted by Crippen LogP contribution is 2.16. The maximum absolute atomic E-state index is 12.8. The summed E-state index contributed by atoms with van der Waals surface area (Å²) < 4.78 is 0. The molecule has 0 saturated carbocycles. The first kappa shape index (κ1) is 18.5. The SMILES string of the molecule is O=C(NCc1ccncc1)C(NCCC1CCNCC1)c1ccccn1. The van der Waals surface area contributed by atoms with E-state index in [1.165, 1.54) is 12.8 Å². The Hall–Kier alpha value is -2.31. The number of pyridine rings is 2. The van der Waals surface area contributed by atoms with E-state index in [0.717, 1.165) is 43.2 Å². The van der Waals surface area contributed by atoms with Gasteiger partial charge in [-0.15, -0.1) is 0 Å². The van der Waals surface area contributed by atoms with Crippen molar-refractivity contribution in [2.24, 2.45) is 5.92 Å². The van der Waals surface area contributed by atoms with Crippen molar-refractivity contribution in [2.45, 2.75) is 31.8 Å². The summed E-state index contributed by atoms with van der Waals surface area (Å²) in [5.74, 6) is 0.679. The molecule has 0 aromatic carbocycles. The first-order chi connectivity index (χ1) is 12.8. The van der Waals surface area contributed by atoms with Crippen molar-refractivity contribution in [1.29, 1.82) is 0 Å². The normalized spacial score (nSPS) is 16.2. The summed E-state index contributed by atoms with van der Waals surface area (Å²) in [6.07, 6.45) is 8.70. The Morgan fingerprint density at radius 3 is 2.69 bits per heavy atom. The quantitative estimate of drug-likeness (QED) is 0.675. The van der Waals surface area contributed by atoms with E-state index in [9.17, 15) is 4.79 Å². The van der Waals surface area contributed by atoms with E-state index in [4.69, 9.17) is 0 Å². The number of carbonyl (C=O) groups is 1. The van der Waals surface area contributed by atoms with Gasteiger partial charge in [0.25, 0.3) is 0 Å². The molecule has 3 rings (SSSR count). The predicted octanol–water partition coefficient (Wildman–Crippen LogP) is 1.81. The third-order valence-corrected chi connectivity index (χ3v) is 4.82. The minimum atomic E-state index is -0.431. The minimum Gasteiger partial charge on any atom is -0.350 e. The van der Waals surface area contributed by atoms with Crippen molar-refractivity contribution >= 4 is 5.91 Å². The van der Waals surface area contributed by atoms with Gasteiger partial charge in [0.2, 0.25) is 5.91 Å². The number of carbonyl (C=O) groups excluding carboxylic acids is 1. The zero-order chi connectivity index (χ0) is 18.0. The van der Waals surface area contributed by atoms with Gasteiger partial charge in [-0.25, -0.2) is 0 Å². The van der Waals surface area contributed by atoms with Crippen LogP contribution in [0, 0.1) is 5.92 Å². The van der Waals surface area contributed by atoms with Crippen LogP contribution in [0.3, 0.4) is 0 Å². The largest absolute Gasteiger partial charge is 0.350 e. The second-order valence-electron chi connectivity index (χ2n) is 6.70. The van der Waals surface area contributed by atoms with Gasteiger partial charge in [0.1, 0.15) is 6.04 Å². The second kappa shape index (κ2) is 9.99. The summed E-state index contributed by atoms with van der Waals surface area (Å²) in [6.45, 7) is 3.50. The minimum absolute atomic E-state index is 0.0502. The predicted molar refractivity (Wildman–Crippen MR) is 101 cm³/mol. The summed E-state index contributed by atoms with van der Waals surface area (Å²) in [5, 5.41) is 9.81. The lowest BCUT2D eigenvalue weighted by molar-refractivity contribution is -0.123. The number of hydrogen-bond acceptors (Lipinski definition) is 5. The van der Waals surface area contributed by atoms with Crippen LogP contribution in [-0.4, -0.2) is 35.5 Å². The molecule has 138 valence electrons. The maximum atomic E-state index is 12.8. The molecule has 1 atom stereocenters. The number of piperidine rings is 1. The van der Waals surface area contributed by atoms with Gasteiger partial charge in [0, 0.05) is 25.1 Å². The van der Waals surface area contributed by atoms with Gasteiger partial charge in [0.15, 0.2) is 0 Å². The molecule has 0 aliphatic carbocycles. The van der Waals surface area contributed by atoms with E-state index < -0.39 is 6.04 Å². The topological polar surface area (TPSA) is 78.9 Å². The maximum Gasteiger partial charge on any atom is 0.243 e. The molecule has 3 heterocycles. The summed E-state index contributed by atoms with van der Waals surface area (Å²) >= 11 is 0. The molecule has 6 nitrogen and oxygen atoms in total. The molecule has 0 radical (unpaired) electrons. The molecular weight excluding hydrogens is 326 g/mol. The fourth-order valence-electron chi connectivity index (χ4n) is 3.27. The molecule has 6 heteroatoms. The van der Waals surface area contributed by atoms with E-state index in [2.05, 4.69) is 25.9 Å². The third kappa shape index (κ3) is 5.61. The molecule has 1 aliphatic rings. The smallest absolute Gasteiger partial charge is 0.243 e. The van der Waals surface area contributed by atoms with Crippen LogP contribution in [0.2, 0.25) is 0 Å². The van der Waals surface area contributed by atoms with Crippen molar-refractivity contribution in [1.82, 2.24) is 25.9 Å². The summed E-state index contributed by atoms with van der Waals surface area (Å²) in [5.41, 5.74) is 1.79. The van der Waals surface area contributed by atoms with Crippen LogP contribution in [0.25, 0.3) is 0 Å². The number of nitrogens with one attached hydrogen (secondary N) is 3. The first-order valence-corrected chi connectivity index (χ1v) is 9.34. The lowest BCUT2D eigenvalue weighted by Crippen LogP contribution is -2.39. The molecule has 2 aromatic heterocycles. The monoisotopic (exact) mass is 353 g/mol. The molecule has 26 heavy (non-hydrogen) atoms. The van der Waals surface area contributed by atoms with Crippen molar-refractivity contribution in [3.63, 3.8) is 0 Å². The summed E-state index contributed by atoms with van der Waals surface area (Å²) in [6, 6.07) is 9.06. The lowest BCUT2D eigenvalue weighted by Gasteiger charge is -2.24. The molecule has 0 spiro atoms. The Morgan fingerprint density at radius 1 is 1.15 bits per heavy atom. The van der Waals surface area contributed by atoms with E-state index in [0.29, 0.717) is 6.54 Å². The van der Waals surface area contributed by atoms with Gasteiger partial charge in [-0.2, -0.15) is 0 Å². The third-order valence-electron chi connectivity index (χ3n) is 4.82. The molecule has 0 bridgehead atoms. The average molecular weight is 353 g/mol. The molecule has 1 saturated heterocycles. The fourth-order valence-corrected chi connectivity index (χ4v) is 3.27. The van der Waals surface area contributed by atoms with Crippen LogP contribution in [0.4, 0.5) is 0 Å². The molecule has 1 aliphatic heterocycles. The van der Waals surface area contributed by atoms with Gasteiger partial charge in [-0.05, 0) is 74.6 Å². The van der Waals surface area contributed by atoms with Crippen LogP contribution < -0.4 is 16.0 Å². The van der Waals surface area contributed by atoms with E-state index in [-0.39, 0.29) is 5.91 Å². The van der Waals surface area contributed by atoms with Gasteiger partial charge in [-0.3, -0.25) is 14.8 Å². The van der Waals surface area contributed by atoms with Crippen molar-refractivity contribution in [3.05, 3.63) is 60.2 Å². The summed E-state index contributed by atoms with van der Waals surface area (Å²) in [4.78, 5) is 21.1. The number of aromatic nitrogens is 2. The molecule has 1 unspecified atom stereocenters. The highest BCUT2D eigenvalue weighted by Gasteiger charge is 2.22. The first-order valence-electron chi connectivity index (χ1n) is 9.34. The average Bonchev–Trinajstić information content (AvgIpc) is 2.72. The van der Waals surface area contributed by atoms with Crippen LogP contribution in [0.15, 0.2) is 48.9 Å². The molecule has 2 aromatic rings. The van der Waals surface area contributed by atoms with Gasteiger partial charge < -0.3 is 16.0 Å². The number of rotatable bonds is 8. The van der Waals surface area contributed by atoms with E-state index >= 15 is 0 Å². The number of hydrogen-bond donors (Lipinski definition) is 3. The van der Waals surface area contributed by atoms with E-state index in [1.54, 1.807) is 18.6 Å². The van der Waals surface area contributed by atoms with E-state index in [1.807, 2.05) is 30.3 Å². The molecule has 3 N–H and O–H groups in total. The standard InChI is InChI=1S/C20H27N5O/c26-20(25-15-17-6-12-22-13-7-17)19(18-3-1-2-9-23-18)24-14-8-16-4-10-21-11-5-16/h1-3,6-7,9,12-13,16,19,21,24H,4-5,8,10-11,14-15H2,(H,25,26). The summed E-state index contributed by atoms with van der Waals surface area (Å²) in [7, 11) is 0. The Balaban J connectivity index is 1.56. The molecule has 1 amide bonds. The number of amides is 1. The molecule has 1 fully saturated rings. The van der Waals surface area contributed by atoms with Gasteiger partial charge in [-0.1, -0.05) is 6.07 Å².